The Morgan fingerprint density at radius 1 is 0.392 bits per heavy atom. The summed E-state index contributed by atoms with van der Waals surface area (Å²) in [6.45, 7) is 4.69. The summed E-state index contributed by atoms with van der Waals surface area (Å²) >= 11 is 0. The molecular weight excluding hydrogens is 619 g/mol. The third-order valence-electron chi connectivity index (χ3n) is 10.9. The zero-order chi connectivity index (χ0) is 34.1. The van der Waals surface area contributed by atoms with Gasteiger partial charge < -0.3 is 9.32 Å². The molecule has 0 atom stereocenters. The van der Waals surface area contributed by atoms with Crippen molar-refractivity contribution < 1.29 is 4.42 Å². The van der Waals surface area contributed by atoms with Crippen LogP contribution in [0.2, 0.25) is 0 Å². The lowest BCUT2D eigenvalue weighted by Crippen LogP contribution is -2.16. The molecule has 0 bridgehead atoms. The van der Waals surface area contributed by atoms with Crippen LogP contribution >= 0.6 is 0 Å². The Kier molecular flexibility index (Phi) is 6.56. The maximum absolute atomic E-state index is 6.45. The van der Waals surface area contributed by atoms with Crippen LogP contribution in [0, 0.1) is 0 Å². The third kappa shape index (κ3) is 4.64. The summed E-state index contributed by atoms with van der Waals surface area (Å²) in [5.74, 6) is 0. The molecule has 2 heteroatoms. The van der Waals surface area contributed by atoms with E-state index in [2.05, 4.69) is 189 Å². The lowest BCUT2D eigenvalue weighted by Gasteiger charge is -2.28. The predicted octanol–water partition coefficient (Wildman–Crippen LogP) is 13.8. The molecule has 8 aromatic carbocycles. The molecule has 10 rings (SSSR count). The second-order valence-corrected chi connectivity index (χ2v) is 14.1. The molecule has 1 heterocycles. The van der Waals surface area contributed by atoms with Gasteiger partial charge in [-0.05, 0) is 110 Å². The Bertz CT molecular complexity index is 2760. The number of hydrogen-bond donors (Lipinski definition) is 0. The SMILES string of the molecule is CC1(C)c2ccccc2-c2ccc(N(c3ccccc3)c3ccc(-c4ccc5c(-c6ccccc6)cc6oc7ccccc7c6c5c4)cc3)cc21. The number of anilines is 3. The first-order valence-corrected chi connectivity index (χ1v) is 17.7. The van der Waals surface area contributed by atoms with E-state index < -0.39 is 0 Å². The fourth-order valence-corrected chi connectivity index (χ4v) is 8.33. The van der Waals surface area contributed by atoms with Crippen molar-refractivity contribution in [3.63, 3.8) is 0 Å². The van der Waals surface area contributed by atoms with Crippen molar-refractivity contribution in [1.82, 2.24) is 0 Å². The van der Waals surface area contributed by atoms with Crippen molar-refractivity contribution in [1.29, 1.82) is 0 Å². The first kappa shape index (κ1) is 29.5. The maximum Gasteiger partial charge on any atom is 0.136 e. The standard InChI is InChI=1S/C49H35NO/c1-49(2)44-19-11-9-17-39(44)40-28-26-37(30-45(40)49)50(35-15-7-4-8-16-35)36-24-21-32(22-25-36)34-23-27-38-42(33-13-5-3-6-14-33)31-47-48(43(38)29-34)41-18-10-12-20-46(41)51-47/h3-31H,1-2H3. The molecule has 51 heavy (non-hydrogen) atoms. The van der Waals surface area contributed by atoms with Crippen LogP contribution in [0.1, 0.15) is 25.0 Å². The Morgan fingerprint density at radius 2 is 1.04 bits per heavy atom. The minimum atomic E-state index is -0.0731. The Labute approximate surface area is 297 Å². The van der Waals surface area contributed by atoms with Crippen molar-refractivity contribution in [3.8, 4) is 33.4 Å². The van der Waals surface area contributed by atoms with Crippen LogP contribution in [-0.2, 0) is 5.41 Å². The second kappa shape index (κ2) is 11.3. The van der Waals surface area contributed by atoms with E-state index in [9.17, 15) is 0 Å². The van der Waals surface area contributed by atoms with Gasteiger partial charge in [0.25, 0.3) is 0 Å². The fourth-order valence-electron chi connectivity index (χ4n) is 8.33. The lowest BCUT2D eigenvalue weighted by atomic mass is 9.82. The van der Waals surface area contributed by atoms with E-state index in [4.69, 9.17) is 4.42 Å². The van der Waals surface area contributed by atoms with Crippen LogP contribution in [0.4, 0.5) is 17.1 Å². The molecule has 0 fully saturated rings. The van der Waals surface area contributed by atoms with Crippen LogP contribution < -0.4 is 4.90 Å². The quantitative estimate of drug-likeness (QED) is 0.184. The molecule has 0 saturated carbocycles. The molecule has 0 aliphatic heterocycles. The van der Waals surface area contributed by atoms with Crippen LogP contribution in [0.5, 0.6) is 0 Å². The van der Waals surface area contributed by atoms with Crippen LogP contribution in [-0.4, -0.2) is 0 Å². The first-order valence-electron chi connectivity index (χ1n) is 17.7. The van der Waals surface area contributed by atoms with Gasteiger partial charge in [-0.25, -0.2) is 0 Å². The monoisotopic (exact) mass is 653 g/mol. The number of benzene rings is 8. The van der Waals surface area contributed by atoms with Crippen LogP contribution in [0.3, 0.4) is 0 Å². The molecule has 0 radical (unpaired) electrons. The van der Waals surface area contributed by atoms with Gasteiger partial charge in [-0.3, -0.25) is 0 Å². The van der Waals surface area contributed by atoms with Gasteiger partial charge >= 0.3 is 0 Å². The Hall–Kier alpha value is -6.38. The van der Waals surface area contributed by atoms with Crippen molar-refractivity contribution in [3.05, 3.63) is 187 Å². The minimum absolute atomic E-state index is 0.0731. The summed E-state index contributed by atoms with van der Waals surface area (Å²) < 4.78 is 6.45. The zero-order valence-electron chi connectivity index (χ0n) is 28.6. The molecule has 1 aromatic heterocycles. The number of hydrogen-bond acceptors (Lipinski definition) is 2. The molecule has 1 aliphatic rings. The molecule has 9 aromatic rings. The predicted molar refractivity (Wildman–Crippen MR) is 214 cm³/mol. The van der Waals surface area contributed by atoms with Crippen LogP contribution in [0.25, 0.3) is 66.1 Å². The first-order chi connectivity index (χ1) is 25.0. The molecule has 0 N–H and O–H groups in total. The van der Waals surface area contributed by atoms with Gasteiger partial charge in [-0.2, -0.15) is 0 Å². The van der Waals surface area contributed by atoms with E-state index in [0.717, 1.165) is 39.0 Å². The zero-order valence-corrected chi connectivity index (χ0v) is 28.6. The molecule has 0 saturated heterocycles. The Balaban J connectivity index is 1.10. The highest BCUT2D eigenvalue weighted by Crippen LogP contribution is 2.50. The van der Waals surface area contributed by atoms with Gasteiger partial charge in [0.1, 0.15) is 11.2 Å². The largest absolute Gasteiger partial charge is 0.456 e. The minimum Gasteiger partial charge on any atom is -0.456 e. The van der Waals surface area contributed by atoms with Gasteiger partial charge in [-0.15, -0.1) is 0 Å². The number of nitrogens with zero attached hydrogens (tertiary/aromatic N) is 1. The van der Waals surface area contributed by atoms with E-state index in [1.54, 1.807) is 0 Å². The topological polar surface area (TPSA) is 16.4 Å². The van der Waals surface area contributed by atoms with Crippen LogP contribution in [0.15, 0.2) is 180 Å². The van der Waals surface area contributed by atoms with Crippen molar-refractivity contribution >= 4 is 49.8 Å². The molecule has 0 amide bonds. The van der Waals surface area contributed by atoms with Gasteiger partial charge in [-0.1, -0.05) is 135 Å². The van der Waals surface area contributed by atoms with E-state index >= 15 is 0 Å². The average Bonchev–Trinajstić information content (AvgIpc) is 3.67. The van der Waals surface area contributed by atoms with E-state index in [-0.39, 0.29) is 5.41 Å². The summed E-state index contributed by atoms with van der Waals surface area (Å²) in [6, 6.07) is 63.6. The van der Waals surface area contributed by atoms with E-state index in [0.29, 0.717) is 0 Å². The van der Waals surface area contributed by atoms with Gasteiger partial charge in [0.2, 0.25) is 0 Å². The highest BCUT2D eigenvalue weighted by molar-refractivity contribution is 6.22. The summed E-state index contributed by atoms with van der Waals surface area (Å²) in [7, 11) is 0. The summed E-state index contributed by atoms with van der Waals surface area (Å²) in [4.78, 5) is 2.37. The normalized spacial score (nSPS) is 13.1. The summed E-state index contributed by atoms with van der Waals surface area (Å²) in [5.41, 5.74) is 15.3. The van der Waals surface area contributed by atoms with Crippen molar-refractivity contribution in [2.24, 2.45) is 0 Å². The number of furan rings is 1. The molecule has 2 nitrogen and oxygen atoms in total. The smallest absolute Gasteiger partial charge is 0.136 e. The highest BCUT2D eigenvalue weighted by atomic mass is 16.3. The second-order valence-electron chi connectivity index (χ2n) is 14.1. The molecule has 0 unspecified atom stereocenters. The number of para-hydroxylation sites is 2. The van der Waals surface area contributed by atoms with Crippen molar-refractivity contribution in [2.45, 2.75) is 19.3 Å². The molecule has 0 spiro atoms. The van der Waals surface area contributed by atoms with E-state index in [1.165, 1.54) is 55.3 Å². The number of rotatable bonds is 5. The molecule has 1 aliphatic carbocycles. The third-order valence-corrected chi connectivity index (χ3v) is 10.9. The van der Waals surface area contributed by atoms with Gasteiger partial charge in [0, 0.05) is 33.2 Å². The summed E-state index contributed by atoms with van der Waals surface area (Å²) in [6.07, 6.45) is 0. The molecule has 242 valence electrons. The summed E-state index contributed by atoms with van der Waals surface area (Å²) in [5, 5.41) is 4.72. The average molecular weight is 654 g/mol. The highest BCUT2D eigenvalue weighted by Gasteiger charge is 2.35. The fraction of sp³-hybridized carbons (Fsp3) is 0.0612. The maximum atomic E-state index is 6.45. The van der Waals surface area contributed by atoms with Gasteiger partial charge in [0.15, 0.2) is 0 Å². The van der Waals surface area contributed by atoms with E-state index in [1.807, 2.05) is 6.07 Å². The molecular formula is C49H35NO. The Morgan fingerprint density at radius 3 is 1.86 bits per heavy atom. The number of fused-ring (bicyclic) bond motifs is 8. The van der Waals surface area contributed by atoms with Crippen molar-refractivity contribution in [2.75, 3.05) is 4.90 Å². The lowest BCUT2D eigenvalue weighted by molar-refractivity contribution is 0.660. The van der Waals surface area contributed by atoms with Gasteiger partial charge in [0.05, 0.1) is 0 Å².